The highest BCUT2D eigenvalue weighted by molar-refractivity contribution is 6.34. The summed E-state index contributed by atoms with van der Waals surface area (Å²) in [5, 5.41) is 8.92. The molecular weight excluding hydrogens is 399 g/mol. The van der Waals surface area contributed by atoms with E-state index in [9.17, 15) is 18.8 Å². The maximum Gasteiger partial charge on any atom is 0.279 e. The molecule has 0 spiro atoms. The van der Waals surface area contributed by atoms with Crippen LogP contribution in [0.1, 0.15) is 38.1 Å². The number of aromatic nitrogens is 2. The van der Waals surface area contributed by atoms with Crippen LogP contribution in [0.3, 0.4) is 0 Å². The summed E-state index contributed by atoms with van der Waals surface area (Å²) in [6.45, 7) is 1.40. The van der Waals surface area contributed by atoms with E-state index < -0.39 is 23.3 Å². The van der Waals surface area contributed by atoms with E-state index in [1.54, 1.807) is 30.3 Å². The van der Waals surface area contributed by atoms with Gasteiger partial charge in [0.1, 0.15) is 0 Å². The first-order valence-corrected chi connectivity index (χ1v) is 8.86. The molecule has 29 heavy (non-hydrogen) atoms. The van der Waals surface area contributed by atoms with Crippen LogP contribution in [0.5, 0.6) is 0 Å². The average molecular weight is 415 g/mol. The Hall–Kier alpha value is -3.52. The highest BCUT2D eigenvalue weighted by atomic mass is 35.5. The van der Waals surface area contributed by atoms with E-state index in [2.05, 4.69) is 15.7 Å². The summed E-state index contributed by atoms with van der Waals surface area (Å²) < 4.78 is 15.8. The van der Waals surface area contributed by atoms with Gasteiger partial charge in [-0.05, 0) is 31.2 Å². The van der Waals surface area contributed by atoms with Crippen LogP contribution in [-0.2, 0) is 7.05 Å². The van der Waals surface area contributed by atoms with Gasteiger partial charge in [-0.3, -0.25) is 14.4 Å². The molecule has 3 rings (SSSR count). The Morgan fingerprint density at radius 2 is 1.76 bits per heavy atom. The van der Waals surface area contributed by atoms with Gasteiger partial charge in [0.05, 0.1) is 10.6 Å². The van der Waals surface area contributed by atoms with E-state index >= 15 is 0 Å². The molecule has 0 atom stereocenters. The first kappa shape index (κ1) is 20.2. The fraction of sp³-hybridized carbons (Fsp3) is 0.100. The predicted molar refractivity (Wildman–Crippen MR) is 107 cm³/mol. The number of hydrogen-bond acceptors (Lipinski definition) is 4. The molecule has 0 aliphatic carbocycles. The summed E-state index contributed by atoms with van der Waals surface area (Å²) >= 11 is 5.98. The van der Waals surface area contributed by atoms with Crippen molar-refractivity contribution in [1.82, 2.24) is 9.78 Å². The van der Waals surface area contributed by atoms with Crippen LogP contribution in [0, 0.1) is 5.82 Å². The average Bonchev–Trinajstić information content (AvgIpc) is 2.96. The van der Waals surface area contributed by atoms with Crippen molar-refractivity contribution in [3.05, 3.63) is 76.2 Å². The first-order chi connectivity index (χ1) is 13.8. The maximum atomic E-state index is 14.8. The topological polar surface area (TPSA) is 93.1 Å². The van der Waals surface area contributed by atoms with Crippen molar-refractivity contribution in [2.45, 2.75) is 6.92 Å². The highest BCUT2D eigenvalue weighted by Crippen LogP contribution is 2.22. The van der Waals surface area contributed by atoms with Crippen LogP contribution < -0.4 is 10.6 Å². The number of benzene rings is 2. The highest BCUT2D eigenvalue weighted by Gasteiger charge is 2.24. The summed E-state index contributed by atoms with van der Waals surface area (Å²) in [5.74, 6) is -2.91. The van der Waals surface area contributed by atoms with Gasteiger partial charge in [0.25, 0.3) is 11.8 Å². The van der Waals surface area contributed by atoms with Gasteiger partial charge in [-0.2, -0.15) is 5.10 Å². The third-order valence-corrected chi connectivity index (χ3v) is 4.41. The number of nitrogens with zero attached hydrogens (tertiary/aromatic N) is 2. The van der Waals surface area contributed by atoms with Gasteiger partial charge in [0.15, 0.2) is 23.1 Å². The number of amides is 2. The van der Waals surface area contributed by atoms with Crippen molar-refractivity contribution in [2.75, 3.05) is 10.6 Å². The molecule has 2 amide bonds. The molecule has 3 aromatic rings. The number of carbonyl (C=O) groups excluding carboxylic acids is 3. The summed E-state index contributed by atoms with van der Waals surface area (Å²) in [4.78, 5) is 36.3. The molecule has 0 aliphatic rings. The molecule has 148 valence electrons. The quantitative estimate of drug-likeness (QED) is 0.619. The van der Waals surface area contributed by atoms with Gasteiger partial charge in [-0.1, -0.05) is 35.9 Å². The number of hydrogen-bond donors (Lipinski definition) is 2. The molecule has 0 bridgehead atoms. The zero-order valence-corrected chi connectivity index (χ0v) is 16.2. The molecule has 0 fully saturated rings. The molecule has 1 aromatic heterocycles. The predicted octanol–water partition coefficient (Wildman–Crippen LogP) is 3.92. The smallest absolute Gasteiger partial charge is 0.279 e. The minimum Gasteiger partial charge on any atom is -0.320 e. The number of Topliss-reactive ketones (excluding diaryl/α,β-unsaturated/α-hetero) is 1. The molecule has 9 heteroatoms. The number of ketones is 1. The molecule has 1 heterocycles. The lowest BCUT2D eigenvalue weighted by atomic mass is 10.1. The molecule has 0 radical (unpaired) electrons. The number of anilines is 2. The lowest BCUT2D eigenvalue weighted by Gasteiger charge is -2.06. The number of rotatable bonds is 5. The monoisotopic (exact) mass is 414 g/mol. The number of nitrogens with one attached hydrogen (secondary N) is 2. The molecule has 2 N–H and O–H groups in total. The van der Waals surface area contributed by atoms with Crippen molar-refractivity contribution in [2.24, 2.45) is 7.05 Å². The SMILES string of the molecule is CC(=O)c1cccc(NC(=O)c2nn(C)c(NC(=O)c3ccccc3Cl)c2F)c1. The minimum absolute atomic E-state index is 0.154. The van der Waals surface area contributed by atoms with E-state index in [0.29, 0.717) is 11.3 Å². The van der Waals surface area contributed by atoms with Crippen LogP contribution in [0.15, 0.2) is 48.5 Å². The number of halogens is 2. The lowest BCUT2D eigenvalue weighted by molar-refractivity contribution is 0.100. The van der Waals surface area contributed by atoms with Gasteiger partial charge < -0.3 is 10.6 Å². The number of carbonyl (C=O) groups is 3. The fourth-order valence-corrected chi connectivity index (χ4v) is 2.83. The fourth-order valence-electron chi connectivity index (χ4n) is 2.61. The van der Waals surface area contributed by atoms with Gasteiger partial charge >= 0.3 is 0 Å². The van der Waals surface area contributed by atoms with Gasteiger partial charge in [0.2, 0.25) is 0 Å². The maximum absolute atomic E-state index is 14.8. The van der Waals surface area contributed by atoms with Crippen molar-refractivity contribution in [1.29, 1.82) is 0 Å². The zero-order valence-electron chi connectivity index (χ0n) is 15.5. The second-order valence-corrected chi connectivity index (χ2v) is 6.57. The molecule has 7 nitrogen and oxygen atoms in total. The molecule has 2 aromatic carbocycles. The molecule has 0 saturated heterocycles. The number of aryl methyl sites for hydroxylation is 1. The Balaban J connectivity index is 1.83. The molecule has 0 unspecified atom stereocenters. The normalized spacial score (nSPS) is 10.5. The summed E-state index contributed by atoms with van der Waals surface area (Å²) in [6.07, 6.45) is 0. The third kappa shape index (κ3) is 4.33. The van der Waals surface area contributed by atoms with Gasteiger partial charge in [-0.15, -0.1) is 0 Å². The van der Waals surface area contributed by atoms with E-state index in [-0.39, 0.29) is 22.2 Å². The van der Waals surface area contributed by atoms with Crippen molar-refractivity contribution < 1.29 is 18.8 Å². The second kappa shape index (κ2) is 8.24. The zero-order chi connectivity index (χ0) is 21.1. The van der Waals surface area contributed by atoms with Crippen molar-refractivity contribution in [3.63, 3.8) is 0 Å². The van der Waals surface area contributed by atoms with E-state index in [1.165, 1.54) is 32.2 Å². The van der Waals surface area contributed by atoms with Crippen molar-refractivity contribution in [3.8, 4) is 0 Å². The van der Waals surface area contributed by atoms with Crippen molar-refractivity contribution >= 4 is 40.7 Å². The van der Waals surface area contributed by atoms with Crippen LogP contribution in [0.2, 0.25) is 5.02 Å². The lowest BCUT2D eigenvalue weighted by Crippen LogP contribution is -2.16. The Morgan fingerprint density at radius 1 is 1.03 bits per heavy atom. The Morgan fingerprint density at radius 3 is 2.45 bits per heavy atom. The summed E-state index contributed by atoms with van der Waals surface area (Å²) in [6, 6.07) is 12.5. The van der Waals surface area contributed by atoms with E-state index in [4.69, 9.17) is 11.6 Å². The van der Waals surface area contributed by atoms with Crippen LogP contribution in [-0.4, -0.2) is 27.4 Å². The van der Waals surface area contributed by atoms with E-state index in [1.807, 2.05) is 0 Å². The van der Waals surface area contributed by atoms with E-state index in [0.717, 1.165) is 4.68 Å². The Bertz CT molecular complexity index is 1130. The third-order valence-electron chi connectivity index (χ3n) is 4.08. The van der Waals surface area contributed by atoms with Gasteiger partial charge in [-0.25, -0.2) is 9.07 Å². The second-order valence-electron chi connectivity index (χ2n) is 6.16. The molecular formula is C20H16ClFN4O3. The first-order valence-electron chi connectivity index (χ1n) is 8.48. The van der Waals surface area contributed by atoms with Crippen LogP contribution in [0.25, 0.3) is 0 Å². The Labute approximate surface area is 170 Å². The summed E-state index contributed by atoms with van der Waals surface area (Å²) in [7, 11) is 1.39. The molecule has 0 aliphatic heterocycles. The largest absolute Gasteiger partial charge is 0.320 e. The minimum atomic E-state index is -0.992. The van der Waals surface area contributed by atoms with Crippen LogP contribution in [0.4, 0.5) is 15.9 Å². The summed E-state index contributed by atoms with van der Waals surface area (Å²) in [5.41, 5.74) is 0.364. The van der Waals surface area contributed by atoms with Gasteiger partial charge in [0, 0.05) is 18.3 Å². The standard InChI is InChI=1S/C20H16ClFN4O3/c1-11(27)12-6-5-7-13(10-12)23-20(29)17-16(22)18(26(2)25-17)24-19(28)14-8-3-4-9-15(14)21/h3-10H,1-2H3,(H,23,29)(H,24,28). The molecule has 0 saturated carbocycles. The van der Waals surface area contributed by atoms with Crippen LogP contribution >= 0.6 is 11.6 Å². The Kier molecular flexibility index (Phi) is 5.74.